The van der Waals surface area contributed by atoms with Gasteiger partial charge in [-0.05, 0) is 54.6 Å². The van der Waals surface area contributed by atoms with Crippen molar-refractivity contribution in [1.82, 2.24) is 4.90 Å². The Bertz CT molecular complexity index is 133. The number of nitrogens with two attached hydrogens (primary N) is 1. The molecule has 0 unspecified atom stereocenters. The second-order valence-corrected chi connectivity index (χ2v) is 5.08. The van der Waals surface area contributed by atoms with Crippen molar-refractivity contribution in [1.29, 1.82) is 0 Å². The molecule has 0 bridgehead atoms. The summed E-state index contributed by atoms with van der Waals surface area (Å²) in [5.74, 6) is 0. The second kappa shape index (κ2) is 3.75. The molecule has 74 valence electrons. The van der Waals surface area contributed by atoms with E-state index in [0.717, 1.165) is 13.0 Å². The van der Waals surface area contributed by atoms with Crippen LogP contribution in [-0.2, 0) is 0 Å². The first-order chi connectivity index (χ1) is 5.22. The third kappa shape index (κ3) is 3.11. The molecule has 0 aliphatic carbocycles. The minimum atomic E-state index is 0.201. The first kappa shape index (κ1) is 11.9. The molecular formula is C10H24N2. The molecule has 0 aromatic carbocycles. The highest BCUT2D eigenvalue weighted by molar-refractivity contribution is 4.87. The Balaban J connectivity index is 4.34. The van der Waals surface area contributed by atoms with Crippen LogP contribution in [0.25, 0.3) is 0 Å². The van der Waals surface area contributed by atoms with Gasteiger partial charge in [0.1, 0.15) is 0 Å². The number of nitrogens with zero attached hydrogens (tertiary/aromatic N) is 1. The van der Waals surface area contributed by atoms with E-state index >= 15 is 0 Å². The first-order valence-electron chi connectivity index (χ1n) is 4.66. The average Bonchev–Trinajstić information content (AvgIpc) is 1.84. The second-order valence-electron chi connectivity index (χ2n) is 5.08. The molecule has 0 spiro atoms. The summed E-state index contributed by atoms with van der Waals surface area (Å²) in [6.07, 6.45) is 1.04. The summed E-state index contributed by atoms with van der Waals surface area (Å²) in [4.78, 5) is 2.38. The summed E-state index contributed by atoms with van der Waals surface area (Å²) in [5, 5.41) is 0. The Morgan fingerprint density at radius 1 is 1.08 bits per heavy atom. The van der Waals surface area contributed by atoms with Gasteiger partial charge in [0, 0.05) is 11.1 Å². The molecule has 0 saturated carbocycles. The van der Waals surface area contributed by atoms with Crippen LogP contribution >= 0.6 is 0 Å². The van der Waals surface area contributed by atoms with Crippen LogP contribution < -0.4 is 5.73 Å². The highest BCUT2D eigenvalue weighted by Gasteiger charge is 2.30. The Morgan fingerprint density at radius 3 is 1.75 bits per heavy atom. The van der Waals surface area contributed by atoms with Crippen LogP contribution in [0.2, 0.25) is 0 Å². The summed E-state index contributed by atoms with van der Waals surface area (Å²) >= 11 is 0. The average molecular weight is 172 g/mol. The fraction of sp³-hybridized carbons (Fsp3) is 1.00. The van der Waals surface area contributed by atoms with Gasteiger partial charge in [0.15, 0.2) is 0 Å². The Kier molecular flexibility index (Phi) is 3.73. The van der Waals surface area contributed by atoms with Crippen molar-refractivity contribution in [3.05, 3.63) is 0 Å². The van der Waals surface area contributed by atoms with E-state index in [4.69, 9.17) is 5.73 Å². The molecule has 2 heteroatoms. The largest absolute Gasteiger partial charge is 0.330 e. The fourth-order valence-corrected chi connectivity index (χ4v) is 1.43. The molecule has 0 atom stereocenters. The summed E-state index contributed by atoms with van der Waals surface area (Å²) in [5.41, 5.74) is 5.99. The molecule has 0 amide bonds. The SMILES string of the molecule is CN(C(C)(C)C)C(C)(C)CCN. The van der Waals surface area contributed by atoms with Gasteiger partial charge >= 0.3 is 0 Å². The van der Waals surface area contributed by atoms with Crippen LogP contribution in [0, 0.1) is 0 Å². The number of hydrogen-bond acceptors (Lipinski definition) is 2. The molecule has 2 nitrogen and oxygen atoms in total. The lowest BCUT2D eigenvalue weighted by Crippen LogP contribution is -2.52. The molecule has 2 N–H and O–H groups in total. The first-order valence-corrected chi connectivity index (χ1v) is 4.66. The van der Waals surface area contributed by atoms with Crippen LogP contribution in [0.3, 0.4) is 0 Å². The van der Waals surface area contributed by atoms with Crippen molar-refractivity contribution < 1.29 is 0 Å². The molecule has 0 saturated heterocycles. The van der Waals surface area contributed by atoms with E-state index in [-0.39, 0.29) is 11.1 Å². The standard InChI is InChI=1S/C10H24N2/c1-9(2,3)12(6)10(4,5)7-8-11/h7-8,11H2,1-6H3. The van der Waals surface area contributed by atoms with E-state index in [0.29, 0.717) is 0 Å². The third-order valence-corrected chi connectivity index (χ3v) is 2.67. The lowest BCUT2D eigenvalue weighted by molar-refractivity contribution is 0.0524. The zero-order valence-corrected chi connectivity index (χ0v) is 9.44. The maximum atomic E-state index is 5.57. The third-order valence-electron chi connectivity index (χ3n) is 2.67. The van der Waals surface area contributed by atoms with Gasteiger partial charge in [-0.3, -0.25) is 4.90 Å². The molecule has 0 radical (unpaired) electrons. The molecule has 0 aromatic heterocycles. The lowest BCUT2D eigenvalue weighted by atomic mass is 9.92. The highest BCUT2D eigenvalue weighted by Crippen LogP contribution is 2.24. The van der Waals surface area contributed by atoms with Gasteiger partial charge in [0.25, 0.3) is 0 Å². The van der Waals surface area contributed by atoms with E-state index in [9.17, 15) is 0 Å². The maximum Gasteiger partial charge on any atom is 0.0167 e. The summed E-state index contributed by atoms with van der Waals surface area (Å²) in [6.45, 7) is 11.9. The van der Waals surface area contributed by atoms with Crippen molar-refractivity contribution in [2.24, 2.45) is 5.73 Å². The summed E-state index contributed by atoms with van der Waals surface area (Å²) in [6, 6.07) is 0. The zero-order valence-electron chi connectivity index (χ0n) is 9.44. The van der Waals surface area contributed by atoms with Crippen LogP contribution in [-0.4, -0.2) is 29.6 Å². The molecule has 0 heterocycles. The molecule has 0 rings (SSSR count). The van der Waals surface area contributed by atoms with Gasteiger partial charge < -0.3 is 5.73 Å². The Morgan fingerprint density at radius 2 is 1.50 bits per heavy atom. The van der Waals surface area contributed by atoms with Crippen molar-refractivity contribution in [2.75, 3.05) is 13.6 Å². The van der Waals surface area contributed by atoms with E-state index < -0.39 is 0 Å². The molecule has 0 aliphatic heterocycles. The quantitative estimate of drug-likeness (QED) is 0.704. The van der Waals surface area contributed by atoms with Crippen LogP contribution in [0.4, 0.5) is 0 Å². The van der Waals surface area contributed by atoms with Crippen LogP contribution in [0.5, 0.6) is 0 Å². The predicted octanol–water partition coefficient (Wildman–Crippen LogP) is 1.84. The van der Waals surface area contributed by atoms with Crippen LogP contribution in [0.1, 0.15) is 41.0 Å². The summed E-state index contributed by atoms with van der Waals surface area (Å²) in [7, 11) is 2.16. The van der Waals surface area contributed by atoms with E-state index in [1.54, 1.807) is 0 Å². The van der Waals surface area contributed by atoms with E-state index in [2.05, 4.69) is 46.6 Å². The zero-order chi connectivity index (χ0) is 9.99. The number of hydrogen-bond donors (Lipinski definition) is 1. The van der Waals surface area contributed by atoms with Crippen molar-refractivity contribution in [3.8, 4) is 0 Å². The molecule has 12 heavy (non-hydrogen) atoms. The molecular weight excluding hydrogens is 148 g/mol. The van der Waals surface area contributed by atoms with Gasteiger partial charge in [0.2, 0.25) is 0 Å². The van der Waals surface area contributed by atoms with Crippen molar-refractivity contribution in [3.63, 3.8) is 0 Å². The fourth-order valence-electron chi connectivity index (χ4n) is 1.43. The van der Waals surface area contributed by atoms with Crippen LogP contribution in [0.15, 0.2) is 0 Å². The van der Waals surface area contributed by atoms with Crippen molar-refractivity contribution in [2.45, 2.75) is 52.1 Å². The van der Waals surface area contributed by atoms with Gasteiger partial charge in [0.05, 0.1) is 0 Å². The monoisotopic (exact) mass is 172 g/mol. The minimum Gasteiger partial charge on any atom is -0.330 e. The predicted molar refractivity (Wildman–Crippen MR) is 55.3 cm³/mol. The van der Waals surface area contributed by atoms with E-state index in [1.165, 1.54) is 0 Å². The molecule has 0 fully saturated rings. The molecule has 0 aromatic rings. The summed E-state index contributed by atoms with van der Waals surface area (Å²) < 4.78 is 0. The lowest BCUT2D eigenvalue weighted by Gasteiger charge is -2.44. The van der Waals surface area contributed by atoms with Gasteiger partial charge in [-0.25, -0.2) is 0 Å². The number of rotatable bonds is 3. The Hall–Kier alpha value is -0.0800. The normalized spacial score (nSPS) is 14.0. The maximum absolute atomic E-state index is 5.57. The Labute approximate surface area is 77.1 Å². The van der Waals surface area contributed by atoms with E-state index in [1.807, 2.05) is 0 Å². The van der Waals surface area contributed by atoms with Crippen molar-refractivity contribution >= 4 is 0 Å². The minimum absolute atomic E-state index is 0.201. The molecule has 0 aliphatic rings. The topological polar surface area (TPSA) is 29.3 Å². The smallest absolute Gasteiger partial charge is 0.0167 e. The van der Waals surface area contributed by atoms with Gasteiger partial charge in [-0.2, -0.15) is 0 Å². The van der Waals surface area contributed by atoms with Gasteiger partial charge in [-0.15, -0.1) is 0 Å². The highest BCUT2D eigenvalue weighted by atomic mass is 15.2. The van der Waals surface area contributed by atoms with Gasteiger partial charge in [-0.1, -0.05) is 0 Å².